The van der Waals surface area contributed by atoms with Crippen LogP contribution in [-0.4, -0.2) is 37.9 Å². The summed E-state index contributed by atoms with van der Waals surface area (Å²) in [4.78, 5) is 25.5. The van der Waals surface area contributed by atoms with Gasteiger partial charge in [-0.25, -0.2) is 0 Å². The number of allylic oxidation sites excluding steroid dienone is 4. The van der Waals surface area contributed by atoms with Crippen molar-refractivity contribution in [2.24, 2.45) is 0 Å². The number of hydrogen-bond acceptors (Lipinski definition) is 5. The van der Waals surface area contributed by atoms with Gasteiger partial charge in [-0.1, -0.05) is 289 Å². The van der Waals surface area contributed by atoms with Crippen LogP contribution in [0.15, 0.2) is 24.3 Å². The fourth-order valence-corrected chi connectivity index (χ4v) is 9.01. The molecule has 0 spiro atoms. The molecular weight excluding hydrogens is 813 g/mol. The lowest BCUT2D eigenvalue weighted by Gasteiger charge is -2.18. The molecule has 5 nitrogen and oxygen atoms in total. The van der Waals surface area contributed by atoms with E-state index in [0.717, 1.165) is 38.5 Å². The second-order valence-corrected chi connectivity index (χ2v) is 20.3. The first-order chi connectivity index (χ1) is 32.6. The van der Waals surface area contributed by atoms with E-state index in [9.17, 15) is 9.59 Å². The Kier molecular flexibility index (Phi) is 56.3. The molecule has 0 amide bonds. The Morgan fingerprint density at radius 3 is 1.03 bits per heavy atom. The summed E-state index contributed by atoms with van der Waals surface area (Å²) in [7, 11) is 0. The van der Waals surface area contributed by atoms with Gasteiger partial charge >= 0.3 is 11.9 Å². The van der Waals surface area contributed by atoms with Gasteiger partial charge in [-0.05, 0) is 51.4 Å². The van der Waals surface area contributed by atoms with Crippen LogP contribution in [0.3, 0.4) is 0 Å². The molecule has 0 N–H and O–H groups in total. The Hall–Kier alpha value is -1.62. The van der Waals surface area contributed by atoms with Gasteiger partial charge in [0.1, 0.15) is 6.61 Å². The maximum Gasteiger partial charge on any atom is 0.306 e. The van der Waals surface area contributed by atoms with E-state index in [1.807, 2.05) is 0 Å². The predicted molar refractivity (Wildman–Crippen MR) is 289 cm³/mol. The summed E-state index contributed by atoms with van der Waals surface area (Å²) in [6.45, 7) is 7.88. The number of rotatable bonds is 56. The Balaban J connectivity index is 4.22. The highest BCUT2D eigenvalue weighted by atomic mass is 16.6. The Morgan fingerprint density at radius 2 is 0.636 bits per heavy atom. The summed E-state index contributed by atoms with van der Waals surface area (Å²) in [5, 5.41) is 0. The lowest BCUT2D eigenvalue weighted by atomic mass is 10.0. The van der Waals surface area contributed by atoms with Crippen LogP contribution in [0.4, 0.5) is 0 Å². The molecule has 0 heterocycles. The van der Waals surface area contributed by atoms with E-state index < -0.39 is 6.10 Å². The van der Waals surface area contributed by atoms with Crippen LogP contribution >= 0.6 is 0 Å². The molecule has 66 heavy (non-hydrogen) atoms. The van der Waals surface area contributed by atoms with Gasteiger partial charge in [-0.3, -0.25) is 9.59 Å². The molecule has 5 heteroatoms. The normalized spacial score (nSPS) is 12.2. The third-order valence-corrected chi connectivity index (χ3v) is 13.5. The molecule has 0 aliphatic carbocycles. The summed E-state index contributed by atoms with van der Waals surface area (Å²) in [6.07, 6.45) is 69.1. The van der Waals surface area contributed by atoms with E-state index in [1.54, 1.807) is 0 Å². The van der Waals surface area contributed by atoms with Crippen molar-refractivity contribution in [2.75, 3.05) is 19.8 Å². The second-order valence-electron chi connectivity index (χ2n) is 20.3. The molecule has 0 saturated heterocycles. The summed E-state index contributed by atoms with van der Waals surface area (Å²) in [5.41, 5.74) is 0. The highest BCUT2D eigenvalue weighted by Crippen LogP contribution is 2.17. The first kappa shape index (κ1) is 64.4. The van der Waals surface area contributed by atoms with Gasteiger partial charge in [0.15, 0.2) is 6.10 Å². The molecule has 0 radical (unpaired) electrons. The Labute approximate surface area is 413 Å². The van der Waals surface area contributed by atoms with Gasteiger partial charge in [0.05, 0.1) is 6.61 Å². The van der Waals surface area contributed by atoms with E-state index in [4.69, 9.17) is 14.2 Å². The molecule has 0 aromatic rings. The van der Waals surface area contributed by atoms with Crippen molar-refractivity contribution < 1.29 is 23.8 Å². The highest BCUT2D eigenvalue weighted by Gasteiger charge is 2.17. The standard InChI is InChI=1S/C61H116O5/c1-4-7-10-13-16-19-22-25-28-30-32-35-38-41-44-47-50-53-56-64-57-59(66-61(63)55-52-49-46-43-40-37-33-27-24-21-18-15-12-9-6-3)58-65-60(62)54-51-48-45-42-39-36-34-31-29-26-23-20-17-14-11-8-5-2/h17,20,26,29,59H,4-16,18-19,21-25,27-28,30-58H2,1-3H3/b20-17-,29-26-. The average molecular weight is 930 g/mol. The van der Waals surface area contributed by atoms with Crippen LogP contribution in [0.25, 0.3) is 0 Å². The zero-order valence-electron chi connectivity index (χ0n) is 45.0. The summed E-state index contributed by atoms with van der Waals surface area (Å²) < 4.78 is 17.5. The minimum atomic E-state index is -0.532. The van der Waals surface area contributed by atoms with Crippen molar-refractivity contribution in [1.29, 1.82) is 0 Å². The van der Waals surface area contributed by atoms with Crippen molar-refractivity contribution in [2.45, 2.75) is 335 Å². The van der Waals surface area contributed by atoms with Gasteiger partial charge < -0.3 is 14.2 Å². The monoisotopic (exact) mass is 929 g/mol. The minimum Gasteiger partial charge on any atom is -0.462 e. The molecule has 0 aliphatic rings. The number of hydrogen-bond donors (Lipinski definition) is 0. The molecule has 390 valence electrons. The molecule has 1 unspecified atom stereocenters. The number of carbonyl (C=O) groups is 2. The quantitative estimate of drug-likeness (QED) is 0.0345. The van der Waals surface area contributed by atoms with Crippen molar-refractivity contribution in [3.8, 4) is 0 Å². The van der Waals surface area contributed by atoms with Crippen LogP contribution in [0.1, 0.15) is 329 Å². The molecule has 1 atom stereocenters. The Bertz CT molecular complexity index is 1010. The van der Waals surface area contributed by atoms with Crippen LogP contribution in [0, 0.1) is 0 Å². The van der Waals surface area contributed by atoms with Crippen molar-refractivity contribution in [1.82, 2.24) is 0 Å². The van der Waals surface area contributed by atoms with Gasteiger partial charge in [0.2, 0.25) is 0 Å². The van der Waals surface area contributed by atoms with Crippen molar-refractivity contribution in [3.63, 3.8) is 0 Å². The maximum absolute atomic E-state index is 12.9. The van der Waals surface area contributed by atoms with Crippen LogP contribution in [0.2, 0.25) is 0 Å². The van der Waals surface area contributed by atoms with Crippen molar-refractivity contribution in [3.05, 3.63) is 24.3 Å². The number of ether oxygens (including phenoxy) is 3. The van der Waals surface area contributed by atoms with Crippen molar-refractivity contribution >= 4 is 11.9 Å². The summed E-state index contributed by atoms with van der Waals surface area (Å²) in [6, 6.07) is 0. The predicted octanol–water partition coefficient (Wildman–Crippen LogP) is 20.4. The fourth-order valence-electron chi connectivity index (χ4n) is 9.01. The summed E-state index contributed by atoms with van der Waals surface area (Å²) in [5.74, 6) is -0.381. The molecule has 0 aromatic heterocycles. The molecule has 0 bridgehead atoms. The first-order valence-electron chi connectivity index (χ1n) is 29.9. The topological polar surface area (TPSA) is 61.8 Å². The maximum atomic E-state index is 12.9. The molecular formula is C61H116O5. The van der Waals surface area contributed by atoms with Gasteiger partial charge in [-0.2, -0.15) is 0 Å². The molecule has 0 aliphatic heterocycles. The lowest BCUT2D eigenvalue weighted by molar-refractivity contribution is -0.163. The molecule has 0 rings (SSSR count). The van der Waals surface area contributed by atoms with E-state index in [-0.39, 0.29) is 18.5 Å². The van der Waals surface area contributed by atoms with E-state index >= 15 is 0 Å². The van der Waals surface area contributed by atoms with E-state index in [2.05, 4.69) is 45.1 Å². The largest absolute Gasteiger partial charge is 0.462 e. The van der Waals surface area contributed by atoms with Crippen LogP contribution < -0.4 is 0 Å². The average Bonchev–Trinajstić information content (AvgIpc) is 3.32. The fraction of sp³-hybridized carbons (Fsp3) is 0.902. The summed E-state index contributed by atoms with van der Waals surface area (Å²) >= 11 is 0. The Morgan fingerprint density at radius 1 is 0.333 bits per heavy atom. The lowest BCUT2D eigenvalue weighted by Crippen LogP contribution is -2.30. The number of carbonyl (C=O) groups excluding carboxylic acids is 2. The van der Waals surface area contributed by atoms with E-state index in [1.165, 1.54) is 257 Å². The van der Waals surface area contributed by atoms with E-state index in [0.29, 0.717) is 26.1 Å². The third kappa shape index (κ3) is 55.0. The highest BCUT2D eigenvalue weighted by molar-refractivity contribution is 5.70. The van der Waals surface area contributed by atoms with Gasteiger partial charge in [0, 0.05) is 19.4 Å². The molecule has 0 fully saturated rings. The van der Waals surface area contributed by atoms with Crippen LogP contribution in [0.5, 0.6) is 0 Å². The zero-order valence-corrected chi connectivity index (χ0v) is 45.0. The van der Waals surface area contributed by atoms with Crippen LogP contribution in [-0.2, 0) is 23.8 Å². The van der Waals surface area contributed by atoms with Gasteiger partial charge in [0.25, 0.3) is 0 Å². The molecule has 0 saturated carbocycles. The molecule has 0 aromatic carbocycles. The number of unbranched alkanes of at least 4 members (excludes halogenated alkanes) is 41. The smallest absolute Gasteiger partial charge is 0.306 e. The first-order valence-corrected chi connectivity index (χ1v) is 29.9. The van der Waals surface area contributed by atoms with Gasteiger partial charge in [-0.15, -0.1) is 0 Å². The minimum absolute atomic E-state index is 0.0895. The second kappa shape index (κ2) is 57.7. The zero-order chi connectivity index (χ0) is 47.7. The SMILES string of the molecule is CCCCC/C=C\C/C=C\CCCCCCCCCC(=O)OCC(COCCCCCCCCCCCCCCCCCCCC)OC(=O)CCCCCCCCCCCCCCCCC. The third-order valence-electron chi connectivity index (χ3n) is 13.5. The number of esters is 2.